The van der Waals surface area contributed by atoms with E-state index in [1.165, 1.54) is 0 Å². The average molecular weight is 372 g/mol. The minimum absolute atomic E-state index is 0.173. The summed E-state index contributed by atoms with van der Waals surface area (Å²) in [4.78, 5) is 40.5. The zero-order valence-corrected chi connectivity index (χ0v) is 15.9. The first-order valence-electron chi connectivity index (χ1n) is 9.25. The summed E-state index contributed by atoms with van der Waals surface area (Å²) >= 11 is 0. The van der Waals surface area contributed by atoms with Gasteiger partial charge in [0.15, 0.2) is 0 Å². The lowest BCUT2D eigenvalue weighted by atomic mass is 10.3. The van der Waals surface area contributed by atoms with Gasteiger partial charge < -0.3 is 19.7 Å². The van der Waals surface area contributed by atoms with Gasteiger partial charge in [-0.15, -0.1) is 0 Å². The van der Waals surface area contributed by atoms with E-state index in [0.717, 1.165) is 6.41 Å². The van der Waals surface area contributed by atoms with Gasteiger partial charge in [-0.1, -0.05) is 0 Å². The summed E-state index contributed by atoms with van der Waals surface area (Å²) in [6.45, 7) is 9.70. The third-order valence-electron chi connectivity index (χ3n) is 4.08. The van der Waals surface area contributed by atoms with Crippen LogP contribution in [0.3, 0.4) is 0 Å². The van der Waals surface area contributed by atoms with Gasteiger partial charge in [0.2, 0.25) is 6.41 Å². The van der Waals surface area contributed by atoms with E-state index in [2.05, 4.69) is 5.32 Å². The van der Waals surface area contributed by atoms with Crippen LogP contribution in [0.4, 0.5) is 0 Å². The number of hydrogen-bond acceptors (Lipinski definition) is 8. The molecule has 1 N–H and O–H groups in total. The maximum Gasteiger partial charge on any atom is 0.320 e. The molecule has 0 saturated carbocycles. The Kier molecular flexibility index (Phi) is 11.6. The zero-order chi connectivity index (χ0) is 19.2. The van der Waals surface area contributed by atoms with Gasteiger partial charge >= 0.3 is 11.9 Å². The highest BCUT2D eigenvalue weighted by atomic mass is 16.5. The average Bonchev–Trinajstić information content (AvgIpc) is 2.60. The smallest absolute Gasteiger partial charge is 0.320 e. The number of ether oxygens (including phenoxy) is 2. The fraction of sp³-hybridized carbons (Fsp3) is 0.824. The van der Waals surface area contributed by atoms with E-state index < -0.39 is 0 Å². The Bertz CT molecular complexity index is 435. The van der Waals surface area contributed by atoms with Crippen molar-refractivity contribution in [3.8, 4) is 0 Å². The largest absolute Gasteiger partial charge is 0.465 e. The predicted molar refractivity (Wildman–Crippen MR) is 96.7 cm³/mol. The molecule has 0 aromatic carbocycles. The van der Waals surface area contributed by atoms with Crippen molar-refractivity contribution in [1.29, 1.82) is 0 Å². The normalized spacial score (nSPS) is 18.5. The van der Waals surface area contributed by atoms with Gasteiger partial charge in [-0.3, -0.25) is 24.2 Å². The highest BCUT2D eigenvalue weighted by Crippen LogP contribution is 1.98. The molecule has 1 saturated heterocycles. The van der Waals surface area contributed by atoms with Crippen LogP contribution < -0.4 is 5.32 Å². The molecule has 9 heteroatoms. The maximum atomic E-state index is 11.8. The molecule has 0 unspecified atom stereocenters. The number of esters is 2. The number of carbonyl (C=O) groups is 3. The minimum Gasteiger partial charge on any atom is -0.465 e. The summed E-state index contributed by atoms with van der Waals surface area (Å²) in [5.74, 6) is -0.528. The van der Waals surface area contributed by atoms with E-state index in [-0.39, 0.29) is 25.0 Å². The van der Waals surface area contributed by atoms with Crippen molar-refractivity contribution in [1.82, 2.24) is 20.0 Å². The lowest BCUT2D eigenvalue weighted by Gasteiger charge is -2.29. The Morgan fingerprint density at radius 1 is 0.846 bits per heavy atom. The molecule has 150 valence electrons. The Labute approximate surface area is 155 Å². The van der Waals surface area contributed by atoms with E-state index in [4.69, 9.17) is 9.47 Å². The molecule has 1 aliphatic heterocycles. The molecule has 1 heterocycles. The van der Waals surface area contributed by atoms with Gasteiger partial charge in [0.1, 0.15) is 0 Å². The van der Waals surface area contributed by atoms with Crippen LogP contribution in [0.2, 0.25) is 0 Å². The Hall–Kier alpha value is -1.71. The fourth-order valence-corrected chi connectivity index (χ4v) is 2.67. The van der Waals surface area contributed by atoms with Crippen molar-refractivity contribution in [3.05, 3.63) is 0 Å². The highest BCUT2D eigenvalue weighted by molar-refractivity contribution is 5.72. The Morgan fingerprint density at radius 3 is 1.88 bits per heavy atom. The van der Waals surface area contributed by atoms with Crippen LogP contribution in [-0.4, -0.2) is 112 Å². The summed E-state index contributed by atoms with van der Waals surface area (Å²) in [6, 6.07) is 0. The molecule has 9 nitrogen and oxygen atoms in total. The van der Waals surface area contributed by atoms with E-state index in [0.29, 0.717) is 65.6 Å². The monoisotopic (exact) mass is 372 g/mol. The third-order valence-corrected chi connectivity index (χ3v) is 4.08. The summed E-state index contributed by atoms with van der Waals surface area (Å²) in [5.41, 5.74) is 0. The van der Waals surface area contributed by atoms with Gasteiger partial charge in [0, 0.05) is 52.4 Å². The highest BCUT2D eigenvalue weighted by Gasteiger charge is 2.17. The molecule has 0 aromatic rings. The van der Waals surface area contributed by atoms with Crippen LogP contribution in [0.1, 0.15) is 13.8 Å². The Balaban J connectivity index is 2.68. The summed E-state index contributed by atoms with van der Waals surface area (Å²) < 4.78 is 10.1. The molecule has 1 rings (SSSR count). The lowest BCUT2D eigenvalue weighted by Crippen LogP contribution is -2.46. The van der Waals surface area contributed by atoms with Crippen molar-refractivity contribution < 1.29 is 23.9 Å². The van der Waals surface area contributed by atoms with Gasteiger partial charge in [-0.25, -0.2) is 0 Å². The second-order valence-corrected chi connectivity index (χ2v) is 6.05. The third kappa shape index (κ3) is 9.69. The standard InChI is InChI=1S/C17H32N4O5/c1-3-25-16(23)13-19-7-5-18-6-8-21(15-22)12-11-20(10-9-19)14-17(24)26-4-2/h15,18H,3-14H2,1-2H3. The van der Waals surface area contributed by atoms with Crippen LogP contribution in [-0.2, 0) is 23.9 Å². The van der Waals surface area contributed by atoms with Crippen molar-refractivity contribution in [2.24, 2.45) is 0 Å². The van der Waals surface area contributed by atoms with E-state index >= 15 is 0 Å². The van der Waals surface area contributed by atoms with E-state index in [1.54, 1.807) is 18.7 Å². The molecular weight excluding hydrogens is 340 g/mol. The molecule has 1 fully saturated rings. The van der Waals surface area contributed by atoms with Crippen molar-refractivity contribution in [3.63, 3.8) is 0 Å². The number of carbonyl (C=O) groups excluding carboxylic acids is 3. The minimum atomic E-state index is -0.282. The molecule has 1 aliphatic rings. The van der Waals surface area contributed by atoms with Crippen LogP contribution in [0.5, 0.6) is 0 Å². The van der Waals surface area contributed by atoms with Crippen LogP contribution >= 0.6 is 0 Å². The summed E-state index contributed by atoms with van der Waals surface area (Å²) in [6.07, 6.45) is 0.836. The molecular formula is C17H32N4O5. The second kappa shape index (κ2) is 13.5. The second-order valence-electron chi connectivity index (χ2n) is 6.05. The number of nitrogens with zero attached hydrogens (tertiary/aromatic N) is 3. The van der Waals surface area contributed by atoms with Gasteiger partial charge in [0.05, 0.1) is 26.3 Å². The maximum absolute atomic E-state index is 11.8. The molecule has 0 aliphatic carbocycles. The number of hydrogen-bond donors (Lipinski definition) is 1. The predicted octanol–water partition coefficient (Wildman–Crippen LogP) is -1.22. The van der Waals surface area contributed by atoms with Gasteiger partial charge in [0.25, 0.3) is 0 Å². The molecule has 1 amide bonds. The van der Waals surface area contributed by atoms with Crippen molar-refractivity contribution in [2.45, 2.75) is 13.8 Å². The number of rotatable bonds is 7. The molecule has 0 spiro atoms. The molecule has 26 heavy (non-hydrogen) atoms. The van der Waals surface area contributed by atoms with E-state index in [1.807, 2.05) is 9.80 Å². The van der Waals surface area contributed by atoms with Crippen LogP contribution in [0.15, 0.2) is 0 Å². The number of amides is 1. The fourth-order valence-electron chi connectivity index (χ4n) is 2.67. The summed E-state index contributed by atoms with van der Waals surface area (Å²) in [7, 11) is 0. The van der Waals surface area contributed by atoms with Crippen molar-refractivity contribution >= 4 is 18.3 Å². The quantitative estimate of drug-likeness (QED) is 0.439. The van der Waals surface area contributed by atoms with Crippen LogP contribution in [0, 0.1) is 0 Å². The lowest BCUT2D eigenvalue weighted by molar-refractivity contribution is -0.146. The molecule has 0 radical (unpaired) electrons. The van der Waals surface area contributed by atoms with E-state index in [9.17, 15) is 14.4 Å². The first-order chi connectivity index (χ1) is 12.6. The number of nitrogens with one attached hydrogen (secondary N) is 1. The SMILES string of the molecule is CCOC(=O)CN1CCNCCN(C=O)CCN(CC(=O)OCC)CC1. The Morgan fingerprint density at radius 2 is 1.35 bits per heavy atom. The van der Waals surface area contributed by atoms with Crippen molar-refractivity contribution in [2.75, 3.05) is 78.7 Å². The molecule has 0 bridgehead atoms. The molecule has 0 atom stereocenters. The molecule has 0 aromatic heterocycles. The first-order valence-corrected chi connectivity index (χ1v) is 9.25. The zero-order valence-electron chi connectivity index (χ0n) is 15.9. The first kappa shape index (κ1) is 22.3. The summed E-state index contributed by atoms with van der Waals surface area (Å²) in [5, 5.41) is 3.28. The topological polar surface area (TPSA) is 91.4 Å². The van der Waals surface area contributed by atoms with Gasteiger partial charge in [-0.05, 0) is 13.8 Å². The van der Waals surface area contributed by atoms with Gasteiger partial charge in [-0.2, -0.15) is 0 Å². The van der Waals surface area contributed by atoms with Crippen LogP contribution in [0.25, 0.3) is 0 Å².